The molecule has 0 radical (unpaired) electrons. The highest BCUT2D eigenvalue weighted by Crippen LogP contribution is 2.29. The molecule has 3 aromatic rings. The van der Waals surface area contributed by atoms with Crippen molar-refractivity contribution in [1.82, 2.24) is 20.3 Å². The highest BCUT2D eigenvalue weighted by molar-refractivity contribution is 6.33. The van der Waals surface area contributed by atoms with Crippen LogP contribution in [0.15, 0.2) is 42.5 Å². The number of carbonyl (C=O) groups is 1. The Morgan fingerprint density at radius 1 is 1.00 bits per heavy atom. The molecule has 0 bridgehead atoms. The monoisotopic (exact) mass is 466 g/mol. The summed E-state index contributed by atoms with van der Waals surface area (Å²) < 4.78 is 5.34. The van der Waals surface area contributed by atoms with Crippen LogP contribution in [0.2, 0.25) is 5.02 Å². The van der Waals surface area contributed by atoms with Gasteiger partial charge in [-0.15, -0.1) is 0 Å². The summed E-state index contributed by atoms with van der Waals surface area (Å²) in [7, 11) is 1.52. The minimum atomic E-state index is -0.462. The molecule has 1 heterocycles. The molecule has 0 spiro atoms. The molecule has 0 saturated carbocycles. The Labute approximate surface area is 200 Å². The Bertz CT molecular complexity index is 1120. The van der Waals surface area contributed by atoms with Gasteiger partial charge in [0.25, 0.3) is 0 Å². The van der Waals surface area contributed by atoms with Crippen molar-refractivity contribution in [3.8, 4) is 28.8 Å². The van der Waals surface area contributed by atoms with Crippen LogP contribution < -0.4 is 10.1 Å². The van der Waals surface area contributed by atoms with Crippen LogP contribution in [0.1, 0.15) is 45.7 Å². The van der Waals surface area contributed by atoms with Crippen LogP contribution in [0.5, 0.6) is 6.01 Å². The molecule has 3 rings (SSSR count). The number of aromatic nitrogens is 3. The molecule has 1 N–H and O–H groups in total. The van der Waals surface area contributed by atoms with Gasteiger partial charge in [0.05, 0.1) is 12.1 Å². The molecule has 7 heteroatoms. The second-order valence-electron chi connectivity index (χ2n) is 9.51. The van der Waals surface area contributed by atoms with Crippen molar-refractivity contribution in [3.63, 3.8) is 0 Å². The van der Waals surface area contributed by atoms with Gasteiger partial charge in [0.1, 0.15) is 0 Å². The molecule has 0 saturated heterocycles. The Morgan fingerprint density at radius 3 is 2.24 bits per heavy atom. The first-order chi connectivity index (χ1) is 15.6. The van der Waals surface area contributed by atoms with Crippen LogP contribution >= 0.6 is 11.6 Å². The van der Waals surface area contributed by atoms with E-state index in [2.05, 4.69) is 46.2 Å². The van der Waals surface area contributed by atoms with E-state index in [9.17, 15) is 4.79 Å². The number of hydrogen-bond donors (Lipinski definition) is 1. The van der Waals surface area contributed by atoms with Crippen LogP contribution in [0, 0.1) is 11.3 Å². The second kappa shape index (κ2) is 10.3. The van der Waals surface area contributed by atoms with E-state index < -0.39 is 5.41 Å². The predicted molar refractivity (Wildman–Crippen MR) is 132 cm³/mol. The largest absolute Gasteiger partial charge is 0.467 e. The maximum atomic E-state index is 12.2. The van der Waals surface area contributed by atoms with Gasteiger partial charge in [-0.2, -0.15) is 9.97 Å². The molecule has 1 aromatic heterocycles. The van der Waals surface area contributed by atoms with E-state index in [1.807, 2.05) is 45.0 Å². The molecule has 0 atom stereocenters. The van der Waals surface area contributed by atoms with E-state index in [1.54, 1.807) is 6.07 Å². The fourth-order valence-electron chi connectivity index (χ4n) is 3.26. The minimum Gasteiger partial charge on any atom is -0.467 e. The van der Waals surface area contributed by atoms with Crippen molar-refractivity contribution in [2.75, 3.05) is 7.11 Å². The molecule has 2 aromatic carbocycles. The third-order valence-electron chi connectivity index (χ3n) is 5.06. The minimum absolute atomic E-state index is 0.0240. The van der Waals surface area contributed by atoms with Crippen molar-refractivity contribution in [2.24, 2.45) is 11.3 Å². The summed E-state index contributed by atoms with van der Waals surface area (Å²) in [6.45, 7) is 10.4. The Balaban J connectivity index is 1.93. The number of nitrogens with one attached hydrogen (secondary N) is 1. The van der Waals surface area contributed by atoms with Crippen LogP contribution in [0.25, 0.3) is 22.8 Å². The van der Waals surface area contributed by atoms with E-state index in [0.717, 1.165) is 17.5 Å². The summed E-state index contributed by atoms with van der Waals surface area (Å²) in [5.41, 5.74) is 3.22. The highest BCUT2D eigenvalue weighted by atomic mass is 35.5. The number of ether oxygens (including phenoxy) is 1. The number of benzene rings is 2. The summed E-state index contributed by atoms with van der Waals surface area (Å²) in [4.78, 5) is 25.8. The van der Waals surface area contributed by atoms with Gasteiger partial charge >= 0.3 is 6.01 Å². The van der Waals surface area contributed by atoms with Crippen LogP contribution in [0.4, 0.5) is 0 Å². The van der Waals surface area contributed by atoms with Gasteiger partial charge in [-0.05, 0) is 35.6 Å². The number of methoxy groups -OCH3 is 1. The van der Waals surface area contributed by atoms with E-state index in [-0.39, 0.29) is 11.9 Å². The molecule has 0 fully saturated rings. The van der Waals surface area contributed by atoms with Crippen LogP contribution in [0.3, 0.4) is 0 Å². The molecule has 174 valence electrons. The Hall–Kier alpha value is -2.99. The third-order valence-corrected chi connectivity index (χ3v) is 5.39. The number of nitrogens with zero attached hydrogens (tertiary/aromatic N) is 3. The number of carbonyl (C=O) groups excluding carboxylic acids is 1. The Morgan fingerprint density at radius 2 is 1.64 bits per heavy atom. The lowest BCUT2D eigenvalue weighted by Gasteiger charge is -2.18. The fourth-order valence-corrected chi connectivity index (χ4v) is 3.46. The maximum absolute atomic E-state index is 12.2. The van der Waals surface area contributed by atoms with Crippen molar-refractivity contribution in [1.29, 1.82) is 0 Å². The van der Waals surface area contributed by atoms with E-state index in [1.165, 1.54) is 12.7 Å². The van der Waals surface area contributed by atoms with Gasteiger partial charge in [0, 0.05) is 23.1 Å². The molecule has 0 aliphatic carbocycles. The summed E-state index contributed by atoms with van der Waals surface area (Å²) in [6.07, 6.45) is 1.01. The standard InChI is InChI=1S/C26H31ClN4O2/c1-16(2)13-17-7-10-19(11-8-17)22-29-23(31-25(30-22)33-6)20-14-18(9-12-21(20)27)15-28-24(32)26(3,4)5/h7-12,14,16H,13,15H2,1-6H3,(H,28,32). The van der Waals surface area contributed by atoms with Gasteiger partial charge in [-0.1, -0.05) is 76.6 Å². The molecule has 33 heavy (non-hydrogen) atoms. The molecule has 0 aliphatic heterocycles. The zero-order valence-corrected chi connectivity index (χ0v) is 20.8. The van der Waals surface area contributed by atoms with Crippen LogP contribution in [-0.2, 0) is 17.8 Å². The summed E-state index contributed by atoms with van der Waals surface area (Å²) in [6, 6.07) is 14.0. The van der Waals surface area contributed by atoms with Crippen LogP contribution in [-0.4, -0.2) is 28.0 Å². The van der Waals surface area contributed by atoms with Gasteiger partial charge in [0.15, 0.2) is 11.6 Å². The second-order valence-corrected chi connectivity index (χ2v) is 9.92. The van der Waals surface area contributed by atoms with E-state index in [0.29, 0.717) is 34.7 Å². The lowest BCUT2D eigenvalue weighted by Crippen LogP contribution is -2.34. The zero-order chi connectivity index (χ0) is 24.2. The van der Waals surface area contributed by atoms with Crippen molar-refractivity contribution in [3.05, 3.63) is 58.6 Å². The predicted octanol–water partition coefficient (Wildman–Crippen LogP) is 5.73. The molecule has 0 unspecified atom stereocenters. The first-order valence-corrected chi connectivity index (χ1v) is 11.4. The van der Waals surface area contributed by atoms with E-state index >= 15 is 0 Å². The van der Waals surface area contributed by atoms with Crippen molar-refractivity contribution < 1.29 is 9.53 Å². The molecular formula is C26H31ClN4O2. The normalized spacial score (nSPS) is 11.5. The lowest BCUT2D eigenvalue weighted by atomic mass is 9.95. The number of amides is 1. The average molecular weight is 467 g/mol. The SMILES string of the molecule is COc1nc(-c2ccc(CC(C)C)cc2)nc(-c2cc(CNC(=O)C(C)(C)C)ccc2Cl)n1. The fraction of sp³-hybridized carbons (Fsp3) is 0.385. The maximum Gasteiger partial charge on any atom is 0.320 e. The van der Waals surface area contributed by atoms with Gasteiger partial charge in [0.2, 0.25) is 5.91 Å². The summed E-state index contributed by atoms with van der Waals surface area (Å²) in [5.74, 6) is 1.49. The van der Waals surface area contributed by atoms with Gasteiger partial charge in [-0.25, -0.2) is 4.98 Å². The number of rotatable bonds is 7. The first kappa shape index (κ1) is 24.6. The molecular weight excluding hydrogens is 436 g/mol. The zero-order valence-electron chi connectivity index (χ0n) is 20.1. The quantitative estimate of drug-likeness (QED) is 0.481. The Kier molecular flexibility index (Phi) is 7.69. The summed E-state index contributed by atoms with van der Waals surface area (Å²) in [5, 5.41) is 3.46. The highest BCUT2D eigenvalue weighted by Gasteiger charge is 2.21. The molecule has 0 aliphatic rings. The van der Waals surface area contributed by atoms with Crippen molar-refractivity contribution >= 4 is 17.5 Å². The lowest BCUT2D eigenvalue weighted by molar-refractivity contribution is -0.128. The third kappa shape index (κ3) is 6.51. The van der Waals surface area contributed by atoms with Gasteiger partial charge in [-0.3, -0.25) is 4.79 Å². The average Bonchev–Trinajstić information content (AvgIpc) is 2.77. The summed E-state index contributed by atoms with van der Waals surface area (Å²) >= 11 is 6.50. The topological polar surface area (TPSA) is 77.0 Å². The first-order valence-electron chi connectivity index (χ1n) is 11.0. The molecule has 6 nitrogen and oxygen atoms in total. The smallest absolute Gasteiger partial charge is 0.320 e. The van der Waals surface area contributed by atoms with Gasteiger partial charge < -0.3 is 10.1 Å². The number of halogens is 1. The van der Waals surface area contributed by atoms with E-state index in [4.69, 9.17) is 16.3 Å². The number of hydrogen-bond acceptors (Lipinski definition) is 5. The van der Waals surface area contributed by atoms with Crippen molar-refractivity contribution in [2.45, 2.75) is 47.6 Å². The molecule has 1 amide bonds.